The van der Waals surface area contributed by atoms with Crippen LogP contribution in [0.2, 0.25) is 0 Å². The van der Waals surface area contributed by atoms with Gasteiger partial charge in [0.1, 0.15) is 11.5 Å². The number of amides is 1. The fourth-order valence-corrected chi connectivity index (χ4v) is 4.69. The van der Waals surface area contributed by atoms with Crippen molar-refractivity contribution in [3.8, 4) is 11.5 Å². The van der Waals surface area contributed by atoms with E-state index in [1.807, 2.05) is 6.07 Å². The average molecular weight is 497 g/mol. The van der Waals surface area contributed by atoms with Crippen LogP contribution in [0.3, 0.4) is 0 Å². The zero-order chi connectivity index (χ0) is 25.2. The lowest BCUT2D eigenvalue weighted by atomic mass is 10.1. The summed E-state index contributed by atoms with van der Waals surface area (Å²) in [5.74, 6) is 1.02. The van der Waals surface area contributed by atoms with Crippen LogP contribution in [0.25, 0.3) is 11.0 Å². The molecular weight excluding hydrogens is 472 g/mol. The quantitative estimate of drug-likeness (QED) is 0.343. The summed E-state index contributed by atoms with van der Waals surface area (Å²) in [6.07, 6.45) is 0. The molecule has 0 aliphatic carbocycles. The van der Waals surface area contributed by atoms with Crippen LogP contribution >= 0.6 is 0 Å². The summed E-state index contributed by atoms with van der Waals surface area (Å²) in [6, 6.07) is 15.8. The molecular formula is C24H24N4O6S. The molecule has 3 N–H and O–H groups in total. The number of rotatable bonds is 8. The van der Waals surface area contributed by atoms with Gasteiger partial charge in [-0.1, -0.05) is 0 Å². The van der Waals surface area contributed by atoms with Crippen molar-refractivity contribution >= 4 is 32.7 Å². The van der Waals surface area contributed by atoms with Gasteiger partial charge < -0.3 is 24.3 Å². The number of sulfonamides is 1. The van der Waals surface area contributed by atoms with E-state index >= 15 is 0 Å². The van der Waals surface area contributed by atoms with E-state index in [2.05, 4.69) is 14.7 Å². The van der Waals surface area contributed by atoms with Gasteiger partial charge in [-0.3, -0.25) is 9.52 Å². The third-order valence-electron chi connectivity index (χ3n) is 5.43. The largest absolute Gasteiger partial charge is 0.497 e. The molecule has 4 rings (SSSR count). The first-order valence-electron chi connectivity index (χ1n) is 10.5. The number of aromatic amines is 2. The van der Waals surface area contributed by atoms with E-state index in [1.165, 1.54) is 35.2 Å². The van der Waals surface area contributed by atoms with Crippen LogP contribution in [0.1, 0.15) is 15.9 Å². The second-order valence-electron chi connectivity index (χ2n) is 7.81. The number of hydrogen-bond acceptors (Lipinski definition) is 6. The van der Waals surface area contributed by atoms with E-state index in [0.717, 1.165) is 5.56 Å². The number of nitrogens with one attached hydrogen (secondary N) is 3. The molecule has 0 radical (unpaired) electrons. The third-order valence-corrected chi connectivity index (χ3v) is 6.81. The Balaban J connectivity index is 1.46. The van der Waals surface area contributed by atoms with Crippen LogP contribution in [0, 0.1) is 0 Å². The number of benzene rings is 3. The van der Waals surface area contributed by atoms with Crippen LogP contribution in [0.15, 0.2) is 70.4 Å². The third kappa shape index (κ3) is 5.14. The Hall–Kier alpha value is -4.25. The summed E-state index contributed by atoms with van der Waals surface area (Å²) in [5, 5.41) is 0. The van der Waals surface area contributed by atoms with E-state index in [0.29, 0.717) is 40.3 Å². The summed E-state index contributed by atoms with van der Waals surface area (Å²) in [4.78, 5) is 31.0. The SMILES string of the molecule is COc1ccc(CN(C)C(=O)c2ccc(NS(=O)(=O)c3ccc4[nH]c(=O)[nH]c4c3)cc2)c(OC)c1. The highest BCUT2D eigenvalue weighted by molar-refractivity contribution is 7.92. The van der Waals surface area contributed by atoms with E-state index in [4.69, 9.17) is 9.47 Å². The van der Waals surface area contributed by atoms with Crippen molar-refractivity contribution in [1.29, 1.82) is 0 Å². The van der Waals surface area contributed by atoms with Crippen LogP contribution in [-0.4, -0.2) is 50.5 Å². The Kier molecular flexibility index (Phi) is 6.52. The molecule has 0 atom stereocenters. The first kappa shape index (κ1) is 23.9. The number of methoxy groups -OCH3 is 2. The molecule has 0 saturated heterocycles. The number of imidazole rings is 1. The molecule has 1 heterocycles. The summed E-state index contributed by atoms with van der Waals surface area (Å²) in [7, 11) is 0.883. The highest BCUT2D eigenvalue weighted by atomic mass is 32.2. The number of H-pyrrole nitrogens is 2. The Bertz CT molecular complexity index is 1540. The maximum absolute atomic E-state index is 12.9. The average Bonchev–Trinajstić information content (AvgIpc) is 3.23. The van der Waals surface area contributed by atoms with Crippen LogP contribution in [0.5, 0.6) is 11.5 Å². The van der Waals surface area contributed by atoms with Crippen molar-refractivity contribution in [1.82, 2.24) is 14.9 Å². The molecule has 1 amide bonds. The van der Waals surface area contributed by atoms with E-state index in [-0.39, 0.29) is 10.8 Å². The zero-order valence-electron chi connectivity index (χ0n) is 19.3. The second-order valence-corrected chi connectivity index (χ2v) is 9.49. The lowest BCUT2D eigenvalue weighted by molar-refractivity contribution is 0.0784. The van der Waals surface area contributed by atoms with Gasteiger partial charge in [-0.25, -0.2) is 13.2 Å². The van der Waals surface area contributed by atoms with Crippen molar-refractivity contribution in [2.45, 2.75) is 11.4 Å². The van der Waals surface area contributed by atoms with Gasteiger partial charge >= 0.3 is 5.69 Å². The number of carbonyl (C=O) groups is 1. The summed E-state index contributed by atoms with van der Waals surface area (Å²) < 4.78 is 38.6. The van der Waals surface area contributed by atoms with Gasteiger partial charge in [0.05, 0.1) is 30.1 Å². The number of hydrogen-bond donors (Lipinski definition) is 3. The second kappa shape index (κ2) is 9.55. The molecule has 0 spiro atoms. The van der Waals surface area contributed by atoms with Gasteiger partial charge in [-0.05, 0) is 54.6 Å². The Morgan fingerprint density at radius 2 is 1.66 bits per heavy atom. The molecule has 0 unspecified atom stereocenters. The van der Waals surface area contributed by atoms with E-state index < -0.39 is 15.7 Å². The number of carbonyl (C=O) groups excluding carboxylic acids is 1. The maximum atomic E-state index is 12.9. The van der Waals surface area contributed by atoms with Crippen molar-refractivity contribution in [2.75, 3.05) is 26.0 Å². The first-order valence-corrected chi connectivity index (χ1v) is 12.0. The minimum absolute atomic E-state index is 0.00595. The summed E-state index contributed by atoms with van der Waals surface area (Å²) >= 11 is 0. The van der Waals surface area contributed by atoms with Crippen LogP contribution < -0.4 is 19.9 Å². The normalized spacial score (nSPS) is 11.3. The minimum Gasteiger partial charge on any atom is -0.497 e. The number of nitrogens with zero attached hydrogens (tertiary/aromatic N) is 1. The minimum atomic E-state index is -3.90. The molecule has 3 aromatic carbocycles. The van der Waals surface area contributed by atoms with Gasteiger partial charge in [0, 0.05) is 36.5 Å². The molecule has 11 heteroatoms. The molecule has 0 bridgehead atoms. The summed E-state index contributed by atoms with van der Waals surface area (Å²) in [5.41, 5.74) is 1.98. The molecule has 4 aromatic rings. The predicted octanol–water partition coefficient (Wildman–Crippen LogP) is 2.95. The Morgan fingerprint density at radius 3 is 2.34 bits per heavy atom. The molecule has 0 aliphatic rings. The smallest absolute Gasteiger partial charge is 0.323 e. The number of fused-ring (bicyclic) bond motifs is 1. The highest BCUT2D eigenvalue weighted by Gasteiger charge is 2.18. The molecule has 1 aromatic heterocycles. The van der Waals surface area contributed by atoms with Crippen LogP contribution in [0.4, 0.5) is 5.69 Å². The highest BCUT2D eigenvalue weighted by Crippen LogP contribution is 2.26. The fraction of sp³-hybridized carbons (Fsp3) is 0.167. The molecule has 0 saturated carbocycles. The Labute approximate surface area is 201 Å². The Morgan fingerprint density at radius 1 is 0.943 bits per heavy atom. The number of anilines is 1. The van der Waals surface area contributed by atoms with Gasteiger partial charge in [0.25, 0.3) is 15.9 Å². The zero-order valence-corrected chi connectivity index (χ0v) is 20.1. The van der Waals surface area contributed by atoms with Gasteiger partial charge in [-0.2, -0.15) is 0 Å². The first-order chi connectivity index (χ1) is 16.7. The van der Waals surface area contributed by atoms with Crippen molar-refractivity contribution in [3.63, 3.8) is 0 Å². The fourth-order valence-electron chi connectivity index (χ4n) is 3.60. The van der Waals surface area contributed by atoms with E-state index in [1.54, 1.807) is 45.5 Å². The predicted molar refractivity (Wildman–Crippen MR) is 132 cm³/mol. The topological polar surface area (TPSA) is 134 Å². The maximum Gasteiger partial charge on any atom is 0.323 e. The van der Waals surface area contributed by atoms with Gasteiger partial charge in [0.15, 0.2) is 0 Å². The molecule has 10 nitrogen and oxygen atoms in total. The van der Waals surface area contributed by atoms with Gasteiger partial charge in [-0.15, -0.1) is 0 Å². The molecule has 0 aliphatic heterocycles. The van der Waals surface area contributed by atoms with Crippen molar-refractivity contribution in [3.05, 3.63) is 82.3 Å². The van der Waals surface area contributed by atoms with Crippen molar-refractivity contribution in [2.24, 2.45) is 0 Å². The molecule has 0 fully saturated rings. The standard InChI is InChI=1S/C24H24N4O6S/c1-28(14-16-6-9-18(33-2)12-22(16)34-3)23(29)15-4-7-17(8-5-15)27-35(31,32)19-10-11-20-21(13-19)26-24(30)25-20/h4-13,27H,14H2,1-3H3,(H2,25,26,30). The van der Waals surface area contributed by atoms with Crippen LogP contribution in [-0.2, 0) is 16.6 Å². The number of ether oxygens (including phenoxy) is 2. The molecule has 35 heavy (non-hydrogen) atoms. The van der Waals surface area contributed by atoms with Gasteiger partial charge in [0.2, 0.25) is 0 Å². The molecule has 182 valence electrons. The lowest BCUT2D eigenvalue weighted by Crippen LogP contribution is -2.26. The summed E-state index contributed by atoms with van der Waals surface area (Å²) in [6.45, 7) is 0.310. The van der Waals surface area contributed by atoms with E-state index in [9.17, 15) is 18.0 Å². The van der Waals surface area contributed by atoms with Crippen molar-refractivity contribution < 1.29 is 22.7 Å². The monoisotopic (exact) mass is 496 g/mol. The lowest BCUT2D eigenvalue weighted by Gasteiger charge is -2.19. The number of aromatic nitrogens is 2.